The van der Waals surface area contributed by atoms with Gasteiger partial charge in [0.1, 0.15) is 11.6 Å². The van der Waals surface area contributed by atoms with Crippen LogP contribution in [0.25, 0.3) is 0 Å². The molecule has 2 heteroatoms. The normalized spacial score (nSPS) is 30.1. The van der Waals surface area contributed by atoms with Crippen molar-refractivity contribution in [1.82, 2.24) is 0 Å². The number of benzene rings is 1. The van der Waals surface area contributed by atoms with Crippen molar-refractivity contribution in [3.05, 3.63) is 35.6 Å². The summed E-state index contributed by atoms with van der Waals surface area (Å²) in [4.78, 5) is 11.6. The maximum absolute atomic E-state index is 13.6. The molecule has 1 saturated carbocycles. The lowest BCUT2D eigenvalue weighted by molar-refractivity contribution is -0.137. The molecule has 0 bridgehead atoms. The molecule has 1 aliphatic carbocycles. The number of carbonyl (C=O) groups is 1. The molecule has 1 aliphatic rings. The predicted octanol–water partition coefficient (Wildman–Crippen LogP) is 3.15. The van der Waals surface area contributed by atoms with Crippen LogP contribution in [0.4, 0.5) is 4.39 Å². The monoisotopic (exact) mass is 206 g/mol. The first-order chi connectivity index (χ1) is 7.16. The lowest BCUT2D eigenvalue weighted by Crippen LogP contribution is -2.44. The number of rotatable bonds is 2. The van der Waals surface area contributed by atoms with E-state index in [1.807, 2.05) is 19.9 Å². The molecule has 3 unspecified atom stereocenters. The standard InChI is InChI=1S/C13H15FO/c1-3-9-12(8(2)13(9)15)10-6-4-5-7-11(10)14/h4-9,12H,3H2,1-2H3. The molecule has 15 heavy (non-hydrogen) atoms. The molecule has 1 aromatic carbocycles. The van der Waals surface area contributed by atoms with Gasteiger partial charge in [-0.15, -0.1) is 0 Å². The summed E-state index contributed by atoms with van der Waals surface area (Å²) in [5.41, 5.74) is 0.705. The number of Topliss-reactive ketones (excluding diaryl/α,β-unsaturated/α-hetero) is 1. The van der Waals surface area contributed by atoms with Crippen LogP contribution < -0.4 is 0 Å². The molecule has 0 aliphatic heterocycles. The van der Waals surface area contributed by atoms with Crippen LogP contribution in [0.3, 0.4) is 0 Å². The Bertz CT molecular complexity index is 386. The van der Waals surface area contributed by atoms with E-state index in [2.05, 4.69) is 0 Å². The van der Waals surface area contributed by atoms with E-state index in [-0.39, 0.29) is 29.4 Å². The maximum Gasteiger partial charge on any atom is 0.140 e. The van der Waals surface area contributed by atoms with Crippen molar-refractivity contribution >= 4 is 5.78 Å². The zero-order chi connectivity index (χ0) is 11.0. The van der Waals surface area contributed by atoms with Gasteiger partial charge >= 0.3 is 0 Å². The van der Waals surface area contributed by atoms with Crippen LogP contribution in [-0.2, 0) is 4.79 Å². The highest BCUT2D eigenvalue weighted by molar-refractivity contribution is 5.91. The Kier molecular flexibility index (Phi) is 2.59. The number of halogens is 1. The smallest absolute Gasteiger partial charge is 0.140 e. The third-order valence-corrected chi connectivity index (χ3v) is 3.49. The van der Waals surface area contributed by atoms with Gasteiger partial charge in [0.15, 0.2) is 0 Å². The highest BCUT2D eigenvalue weighted by Gasteiger charge is 2.46. The fourth-order valence-corrected chi connectivity index (χ4v) is 2.61. The van der Waals surface area contributed by atoms with Gasteiger partial charge in [0.05, 0.1) is 0 Å². The summed E-state index contributed by atoms with van der Waals surface area (Å²) >= 11 is 0. The minimum atomic E-state index is -0.180. The Morgan fingerprint density at radius 2 is 2.00 bits per heavy atom. The molecule has 0 radical (unpaired) electrons. The largest absolute Gasteiger partial charge is 0.299 e. The summed E-state index contributed by atoms with van der Waals surface area (Å²) in [6.45, 7) is 3.88. The highest BCUT2D eigenvalue weighted by atomic mass is 19.1. The first-order valence-corrected chi connectivity index (χ1v) is 5.45. The zero-order valence-corrected chi connectivity index (χ0v) is 9.03. The van der Waals surface area contributed by atoms with Gasteiger partial charge < -0.3 is 0 Å². The Hall–Kier alpha value is -1.18. The third-order valence-electron chi connectivity index (χ3n) is 3.49. The summed E-state index contributed by atoms with van der Waals surface area (Å²) in [6.07, 6.45) is 0.808. The van der Waals surface area contributed by atoms with Gasteiger partial charge in [-0.25, -0.2) is 4.39 Å². The molecule has 0 amide bonds. The molecule has 0 aromatic heterocycles. The van der Waals surface area contributed by atoms with Crippen molar-refractivity contribution in [2.24, 2.45) is 11.8 Å². The van der Waals surface area contributed by atoms with E-state index in [0.717, 1.165) is 6.42 Å². The predicted molar refractivity (Wildman–Crippen MR) is 57.1 cm³/mol. The van der Waals surface area contributed by atoms with E-state index >= 15 is 0 Å². The lowest BCUT2D eigenvalue weighted by Gasteiger charge is -2.41. The second kappa shape index (κ2) is 3.76. The summed E-state index contributed by atoms with van der Waals surface area (Å²) < 4.78 is 13.6. The molecule has 0 saturated heterocycles. The van der Waals surface area contributed by atoms with Crippen molar-refractivity contribution in [1.29, 1.82) is 0 Å². The Morgan fingerprint density at radius 3 is 2.60 bits per heavy atom. The number of hydrogen-bond acceptors (Lipinski definition) is 1. The molecular weight excluding hydrogens is 191 g/mol. The Labute approximate surface area is 89.3 Å². The van der Waals surface area contributed by atoms with E-state index in [4.69, 9.17) is 0 Å². The summed E-state index contributed by atoms with van der Waals surface area (Å²) in [6, 6.07) is 6.79. The summed E-state index contributed by atoms with van der Waals surface area (Å²) in [5.74, 6) is 0.193. The number of carbonyl (C=O) groups excluding carboxylic acids is 1. The minimum absolute atomic E-state index is 0.0214. The maximum atomic E-state index is 13.6. The van der Waals surface area contributed by atoms with E-state index in [1.165, 1.54) is 6.07 Å². The van der Waals surface area contributed by atoms with Crippen molar-refractivity contribution < 1.29 is 9.18 Å². The summed E-state index contributed by atoms with van der Waals surface area (Å²) in [5, 5.41) is 0. The molecule has 80 valence electrons. The van der Waals surface area contributed by atoms with Gasteiger partial charge in [0.25, 0.3) is 0 Å². The Morgan fingerprint density at radius 1 is 1.33 bits per heavy atom. The SMILES string of the molecule is CCC1C(=O)C(C)C1c1ccccc1F. The second-order valence-electron chi connectivity index (χ2n) is 4.25. The zero-order valence-electron chi connectivity index (χ0n) is 9.03. The average Bonchev–Trinajstić information content (AvgIpc) is 2.26. The topological polar surface area (TPSA) is 17.1 Å². The fourth-order valence-electron chi connectivity index (χ4n) is 2.61. The van der Waals surface area contributed by atoms with Gasteiger partial charge in [0, 0.05) is 17.8 Å². The van der Waals surface area contributed by atoms with Crippen LogP contribution in [0.1, 0.15) is 31.7 Å². The first kappa shape index (κ1) is 10.3. The first-order valence-electron chi connectivity index (χ1n) is 5.45. The second-order valence-corrected chi connectivity index (χ2v) is 4.25. The van der Waals surface area contributed by atoms with Crippen LogP contribution in [0, 0.1) is 17.7 Å². The highest BCUT2D eigenvalue weighted by Crippen LogP contribution is 2.46. The van der Waals surface area contributed by atoms with Crippen molar-refractivity contribution in [2.45, 2.75) is 26.2 Å². The van der Waals surface area contributed by atoms with E-state index in [1.54, 1.807) is 12.1 Å². The van der Waals surface area contributed by atoms with Crippen LogP contribution in [-0.4, -0.2) is 5.78 Å². The summed E-state index contributed by atoms with van der Waals surface area (Å²) in [7, 11) is 0. The average molecular weight is 206 g/mol. The van der Waals surface area contributed by atoms with Crippen LogP contribution in [0.15, 0.2) is 24.3 Å². The number of ketones is 1. The van der Waals surface area contributed by atoms with E-state index in [9.17, 15) is 9.18 Å². The van der Waals surface area contributed by atoms with Crippen molar-refractivity contribution in [3.8, 4) is 0 Å². The third kappa shape index (κ3) is 1.48. The molecule has 0 heterocycles. The van der Waals surface area contributed by atoms with Gasteiger partial charge in [-0.3, -0.25) is 4.79 Å². The van der Waals surface area contributed by atoms with Crippen LogP contribution in [0.5, 0.6) is 0 Å². The molecule has 3 atom stereocenters. The van der Waals surface area contributed by atoms with Gasteiger partial charge in [0.2, 0.25) is 0 Å². The van der Waals surface area contributed by atoms with Gasteiger partial charge in [-0.05, 0) is 18.1 Å². The van der Waals surface area contributed by atoms with Gasteiger partial charge in [-0.1, -0.05) is 32.0 Å². The van der Waals surface area contributed by atoms with Crippen LogP contribution in [0.2, 0.25) is 0 Å². The molecule has 2 rings (SSSR count). The molecule has 0 spiro atoms. The fraction of sp³-hybridized carbons (Fsp3) is 0.462. The molecular formula is C13H15FO. The van der Waals surface area contributed by atoms with Crippen molar-refractivity contribution in [3.63, 3.8) is 0 Å². The van der Waals surface area contributed by atoms with E-state index in [0.29, 0.717) is 5.56 Å². The van der Waals surface area contributed by atoms with Crippen molar-refractivity contribution in [2.75, 3.05) is 0 Å². The minimum Gasteiger partial charge on any atom is -0.299 e. The molecule has 1 nitrogen and oxygen atoms in total. The molecule has 1 fully saturated rings. The van der Waals surface area contributed by atoms with Gasteiger partial charge in [-0.2, -0.15) is 0 Å². The van der Waals surface area contributed by atoms with E-state index < -0.39 is 0 Å². The number of hydrogen-bond donors (Lipinski definition) is 0. The lowest BCUT2D eigenvalue weighted by atomic mass is 9.60. The molecule has 1 aromatic rings. The van der Waals surface area contributed by atoms with Crippen LogP contribution >= 0.6 is 0 Å². The quantitative estimate of drug-likeness (QED) is 0.726. The molecule has 0 N–H and O–H groups in total. The Balaban J connectivity index is 2.32.